The van der Waals surface area contributed by atoms with Crippen LogP contribution >= 0.6 is 7.92 Å². The molecule has 4 aromatic carbocycles. The highest BCUT2D eigenvalue weighted by molar-refractivity contribution is 7.84. The van der Waals surface area contributed by atoms with Crippen molar-refractivity contribution in [3.05, 3.63) is 114 Å². The van der Waals surface area contributed by atoms with Crippen molar-refractivity contribution < 1.29 is 8.95 Å². The molecule has 2 atom stereocenters. The minimum absolute atomic E-state index is 0.174. The quantitative estimate of drug-likeness (QED) is 0.234. The second-order valence-corrected chi connectivity index (χ2v) is 17.6. The van der Waals surface area contributed by atoms with E-state index in [1.54, 1.807) is 0 Å². The first-order valence-corrected chi connectivity index (χ1v) is 16.8. The smallest absolute Gasteiger partial charge is 0.139 e. The summed E-state index contributed by atoms with van der Waals surface area (Å²) in [6.45, 7) is 17.2. The molecule has 0 aliphatic carbocycles. The maximum absolute atomic E-state index is 13.4. The van der Waals surface area contributed by atoms with Gasteiger partial charge in [0.1, 0.15) is 11.5 Å². The summed E-state index contributed by atoms with van der Waals surface area (Å²) in [6, 6.07) is 34.5. The van der Waals surface area contributed by atoms with Crippen LogP contribution in [0.3, 0.4) is 0 Å². The zero-order chi connectivity index (χ0) is 29.6. The van der Waals surface area contributed by atoms with Crippen molar-refractivity contribution in [1.82, 2.24) is 4.72 Å². The first-order valence-electron chi connectivity index (χ1n) is 14.3. The Bertz CT molecular complexity index is 1510. The van der Waals surface area contributed by atoms with Gasteiger partial charge >= 0.3 is 0 Å². The molecule has 1 aliphatic rings. The maximum atomic E-state index is 13.4. The average molecular weight is 584 g/mol. The van der Waals surface area contributed by atoms with Crippen LogP contribution in [-0.4, -0.2) is 8.96 Å². The van der Waals surface area contributed by atoms with Gasteiger partial charge in [-0.15, -0.1) is 0 Å². The van der Waals surface area contributed by atoms with E-state index in [1.807, 2.05) is 20.8 Å². The highest BCUT2D eigenvalue weighted by Gasteiger charge is 2.41. The molecule has 5 rings (SSSR count). The van der Waals surface area contributed by atoms with Gasteiger partial charge in [-0.3, -0.25) is 0 Å². The van der Waals surface area contributed by atoms with Gasteiger partial charge in [0.05, 0.1) is 21.8 Å². The van der Waals surface area contributed by atoms with E-state index in [0.717, 1.165) is 22.6 Å². The summed E-state index contributed by atoms with van der Waals surface area (Å²) in [5.41, 5.74) is 2.90. The van der Waals surface area contributed by atoms with Crippen LogP contribution in [-0.2, 0) is 16.4 Å². The fourth-order valence-corrected chi connectivity index (χ4v) is 8.96. The molecule has 4 aromatic rings. The number of hydrogen-bond acceptors (Lipinski definition) is 2. The zero-order valence-corrected chi connectivity index (χ0v) is 27.2. The number of rotatable bonds is 6. The minimum Gasteiger partial charge on any atom is -0.456 e. The highest BCUT2D eigenvalue weighted by atomic mass is 32.2. The van der Waals surface area contributed by atoms with E-state index in [4.69, 9.17) is 4.74 Å². The Hall–Kier alpha value is -2.78. The van der Waals surface area contributed by atoms with Crippen LogP contribution in [0.1, 0.15) is 78.1 Å². The van der Waals surface area contributed by atoms with E-state index < -0.39 is 18.9 Å². The Balaban J connectivity index is 1.71. The Labute approximate surface area is 250 Å². The third kappa shape index (κ3) is 5.80. The Morgan fingerprint density at radius 2 is 1.22 bits per heavy atom. The summed E-state index contributed by atoms with van der Waals surface area (Å²) in [5.74, 6) is 1.83. The van der Waals surface area contributed by atoms with Gasteiger partial charge in [-0.2, -0.15) is 0 Å². The first kappa shape index (κ1) is 29.7. The average Bonchev–Trinajstić information content (AvgIpc) is 2.92. The lowest BCUT2D eigenvalue weighted by Gasteiger charge is -2.40. The van der Waals surface area contributed by atoms with Crippen molar-refractivity contribution in [3.63, 3.8) is 0 Å². The predicted octanol–water partition coefficient (Wildman–Crippen LogP) is 8.02. The Kier molecular flexibility index (Phi) is 8.07. The fraction of sp³-hybridized carbons (Fsp3) is 0.333. The standard InChI is InChI=1S/C36H42NO2PS/c1-34(2,3)33(37-41(38)35(4,5)6)27-21-15-22-28-31(27)39-32-29(36(28,7)8)23-16-24-30(32)40(25-17-11-9-12-18-25)26-19-13-10-14-20-26/h9-24,33,37H,1-8H3/t33?,41-/m1/s1. The van der Waals surface area contributed by atoms with Gasteiger partial charge in [-0.25, -0.2) is 8.93 Å². The summed E-state index contributed by atoms with van der Waals surface area (Å²) in [6.07, 6.45) is 0. The molecule has 0 saturated carbocycles. The number of hydrogen-bond donors (Lipinski definition) is 1. The second kappa shape index (κ2) is 11.1. The minimum atomic E-state index is -1.24. The van der Waals surface area contributed by atoms with Crippen LogP contribution in [0.25, 0.3) is 0 Å². The lowest BCUT2D eigenvalue weighted by atomic mass is 9.73. The monoisotopic (exact) mass is 583 g/mol. The number of fused-ring (bicyclic) bond motifs is 2. The van der Waals surface area contributed by atoms with Crippen molar-refractivity contribution in [1.29, 1.82) is 0 Å². The summed E-state index contributed by atoms with van der Waals surface area (Å²) in [4.78, 5) is 0. The Morgan fingerprint density at radius 3 is 1.73 bits per heavy atom. The van der Waals surface area contributed by atoms with Gasteiger partial charge in [-0.05, 0) is 44.7 Å². The molecular formula is C36H42NO2PS. The summed E-state index contributed by atoms with van der Waals surface area (Å²) < 4.78 is 23.6. The molecule has 1 N–H and O–H groups in total. The lowest BCUT2D eigenvalue weighted by molar-refractivity contribution is 0.297. The third-order valence-electron chi connectivity index (χ3n) is 7.82. The predicted molar refractivity (Wildman–Crippen MR) is 177 cm³/mol. The van der Waals surface area contributed by atoms with Crippen LogP contribution in [0.4, 0.5) is 0 Å². The largest absolute Gasteiger partial charge is 0.456 e. The highest BCUT2D eigenvalue weighted by Crippen LogP contribution is 2.53. The van der Waals surface area contributed by atoms with Crippen LogP contribution in [0.5, 0.6) is 11.5 Å². The lowest BCUT2D eigenvalue weighted by Crippen LogP contribution is -2.41. The van der Waals surface area contributed by atoms with Crippen molar-refractivity contribution >= 4 is 34.8 Å². The summed E-state index contributed by atoms with van der Waals surface area (Å²) in [5, 5.41) is 3.79. The van der Waals surface area contributed by atoms with Gasteiger partial charge in [0.2, 0.25) is 0 Å². The van der Waals surface area contributed by atoms with E-state index in [-0.39, 0.29) is 21.6 Å². The zero-order valence-electron chi connectivity index (χ0n) is 25.5. The molecular weight excluding hydrogens is 541 g/mol. The first-order chi connectivity index (χ1) is 19.3. The number of para-hydroxylation sites is 2. The molecule has 1 aliphatic heterocycles. The molecule has 0 radical (unpaired) electrons. The maximum Gasteiger partial charge on any atom is 0.139 e. The number of benzene rings is 4. The molecule has 1 unspecified atom stereocenters. The molecule has 3 nitrogen and oxygen atoms in total. The third-order valence-corrected chi connectivity index (χ3v) is 11.8. The molecule has 0 aromatic heterocycles. The van der Waals surface area contributed by atoms with Gasteiger partial charge in [0.15, 0.2) is 0 Å². The SMILES string of the molecule is CC1(C)c2cccc(C(N[S@](=O)C(C)(C)C)C(C)(C)C)c2Oc2c(P(c3ccccc3)c3ccccc3)cccc21. The van der Waals surface area contributed by atoms with Gasteiger partial charge in [0.25, 0.3) is 0 Å². The van der Waals surface area contributed by atoms with Crippen LogP contribution in [0.2, 0.25) is 0 Å². The molecule has 1 heterocycles. The molecule has 214 valence electrons. The van der Waals surface area contributed by atoms with Crippen LogP contribution in [0, 0.1) is 5.41 Å². The molecule has 41 heavy (non-hydrogen) atoms. The fourth-order valence-electron chi connectivity index (χ4n) is 5.51. The molecule has 0 saturated heterocycles. The van der Waals surface area contributed by atoms with E-state index in [2.05, 4.69) is 136 Å². The molecule has 5 heteroatoms. The van der Waals surface area contributed by atoms with Crippen LogP contribution < -0.4 is 25.4 Å². The molecule has 0 amide bonds. The van der Waals surface area contributed by atoms with Gasteiger partial charge in [-0.1, -0.05) is 132 Å². The Morgan fingerprint density at radius 1 is 0.707 bits per heavy atom. The molecule has 0 bridgehead atoms. The van der Waals surface area contributed by atoms with Crippen molar-refractivity contribution in [2.45, 2.75) is 71.6 Å². The molecule has 0 spiro atoms. The van der Waals surface area contributed by atoms with E-state index in [9.17, 15) is 4.21 Å². The van der Waals surface area contributed by atoms with Crippen molar-refractivity contribution in [2.24, 2.45) is 5.41 Å². The summed E-state index contributed by atoms with van der Waals surface area (Å²) in [7, 11) is -2.10. The number of ether oxygens (including phenoxy) is 1. The van der Waals surface area contributed by atoms with Gasteiger partial charge < -0.3 is 4.74 Å². The van der Waals surface area contributed by atoms with Crippen molar-refractivity contribution in [3.8, 4) is 11.5 Å². The molecule has 0 fully saturated rings. The topological polar surface area (TPSA) is 38.3 Å². The van der Waals surface area contributed by atoms with E-state index in [1.165, 1.54) is 21.5 Å². The van der Waals surface area contributed by atoms with Crippen LogP contribution in [0.15, 0.2) is 97.1 Å². The van der Waals surface area contributed by atoms with Gasteiger partial charge in [0, 0.05) is 27.4 Å². The van der Waals surface area contributed by atoms with Crippen molar-refractivity contribution in [2.75, 3.05) is 0 Å². The number of nitrogens with one attached hydrogen (secondary N) is 1. The second-order valence-electron chi connectivity index (χ2n) is 13.4. The van der Waals surface area contributed by atoms with E-state index in [0.29, 0.717) is 0 Å². The summed E-state index contributed by atoms with van der Waals surface area (Å²) >= 11 is 0. The van der Waals surface area contributed by atoms with E-state index >= 15 is 0 Å². The normalized spacial score (nSPS) is 15.9.